The minimum atomic E-state index is 0.738. The lowest BCUT2D eigenvalue weighted by Gasteiger charge is -1.91. The molecule has 0 spiro atoms. The van der Waals surface area contributed by atoms with Crippen molar-refractivity contribution in [1.29, 1.82) is 0 Å². The standard InChI is InChI=1S/C12H14NO/c1-2-3-4-11-7-9-5-6-10(13)8-12(9)14-11/h5-6,8H,2-4,13H2,1H3. The van der Waals surface area contributed by atoms with Gasteiger partial charge in [0.15, 0.2) is 0 Å². The molecule has 1 radical (unpaired) electrons. The lowest BCUT2D eigenvalue weighted by Crippen LogP contribution is -1.81. The largest absolute Gasteiger partial charge is 0.460 e. The summed E-state index contributed by atoms with van der Waals surface area (Å²) in [6, 6.07) is 8.90. The number of nitrogens with two attached hydrogens (primary N) is 1. The Bertz CT molecular complexity index is 431. The first-order chi connectivity index (χ1) is 6.79. The van der Waals surface area contributed by atoms with Crippen LogP contribution < -0.4 is 5.73 Å². The SMILES string of the molecule is CCCCc1[c]c2ccc(N)cc2o1. The highest BCUT2D eigenvalue weighted by Gasteiger charge is 2.03. The maximum absolute atomic E-state index is 5.66. The first-order valence-electron chi connectivity index (χ1n) is 5.00. The molecule has 0 aliphatic rings. The van der Waals surface area contributed by atoms with E-state index in [-0.39, 0.29) is 0 Å². The quantitative estimate of drug-likeness (QED) is 0.751. The van der Waals surface area contributed by atoms with Crippen LogP contribution in [0.4, 0.5) is 5.69 Å². The van der Waals surface area contributed by atoms with Crippen molar-refractivity contribution in [3.63, 3.8) is 0 Å². The molecule has 2 rings (SSSR count). The minimum Gasteiger partial charge on any atom is -0.460 e. The van der Waals surface area contributed by atoms with Gasteiger partial charge in [0, 0.05) is 29.6 Å². The van der Waals surface area contributed by atoms with E-state index in [2.05, 4.69) is 13.0 Å². The van der Waals surface area contributed by atoms with Crippen molar-refractivity contribution in [2.24, 2.45) is 0 Å². The second kappa shape index (κ2) is 3.74. The van der Waals surface area contributed by atoms with Crippen LogP contribution in [0.25, 0.3) is 11.0 Å². The highest BCUT2D eigenvalue weighted by atomic mass is 16.3. The van der Waals surface area contributed by atoms with Gasteiger partial charge in [0.2, 0.25) is 0 Å². The number of benzene rings is 1. The van der Waals surface area contributed by atoms with E-state index in [9.17, 15) is 0 Å². The van der Waals surface area contributed by atoms with Crippen molar-refractivity contribution in [3.8, 4) is 0 Å². The van der Waals surface area contributed by atoms with E-state index in [4.69, 9.17) is 10.2 Å². The van der Waals surface area contributed by atoms with Crippen LogP contribution in [0, 0.1) is 6.07 Å². The normalized spacial score (nSPS) is 10.9. The molecule has 1 aromatic heterocycles. The summed E-state index contributed by atoms with van der Waals surface area (Å²) in [6.07, 6.45) is 3.28. The zero-order chi connectivity index (χ0) is 9.97. The second-order valence-corrected chi connectivity index (χ2v) is 3.51. The summed E-state index contributed by atoms with van der Waals surface area (Å²) < 4.78 is 5.62. The van der Waals surface area contributed by atoms with Crippen LogP contribution in [-0.4, -0.2) is 0 Å². The van der Waals surface area contributed by atoms with Crippen LogP contribution in [0.2, 0.25) is 0 Å². The molecular weight excluding hydrogens is 174 g/mol. The zero-order valence-corrected chi connectivity index (χ0v) is 8.34. The Balaban J connectivity index is 2.32. The van der Waals surface area contributed by atoms with Crippen LogP contribution in [0.1, 0.15) is 25.5 Å². The van der Waals surface area contributed by atoms with Gasteiger partial charge in [-0.25, -0.2) is 0 Å². The fraction of sp³-hybridized carbons (Fsp3) is 0.333. The van der Waals surface area contributed by atoms with Crippen molar-refractivity contribution in [2.45, 2.75) is 26.2 Å². The molecule has 0 aliphatic carbocycles. The van der Waals surface area contributed by atoms with Crippen LogP contribution in [0.3, 0.4) is 0 Å². The maximum atomic E-state index is 5.66. The Morgan fingerprint density at radius 1 is 1.43 bits per heavy atom. The molecule has 0 saturated heterocycles. The average molecular weight is 188 g/mol. The summed E-state index contributed by atoms with van der Waals surface area (Å²) in [5.41, 5.74) is 7.24. The molecule has 0 atom stereocenters. The van der Waals surface area contributed by atoms with Crippen LogP contribution in [0.5, 0.6) is 0 Å². The lowest BCUT2D eigenvalue weighted by molar-refractivity contribution is 0.536. The third-order valence-electron chi connectivity index (χ3n) is 2.27. The number of rotatable bonds is 3. The highest BCUT2D eigenvalue weighted by Crippen LogP contribution is 2.21. The number of nitrogen functional groups attached to an aromatic ring is 1. The molecule has 0 amide bonds. The molecule has 1 aromatic carbocycles. The van der Waals surface area contributed by atoms with E-state index >= 15 is 0 Å². The summed E-state index contributed by atoms with van der Waals surface area (Å²) in [5, 5.41) is 1.02. The molecule has 2 nitrogen and oxygen atoms in total. The smallest absolute Gasteiger partial charge is 0.136 e. The Morgan fingerprint density at radius 3 is 3.07 bits per heavy atom. The Hall–Kier alpha value is -1.44. The molecule has 0 aliphatic heterocycles. The zero-order valence-electron chi connectivity index (χ0n) is 8.34. The predicted octanol–water partition coefficient (Wildman–Crippen LogP) is 3.16. The predicted molar refractivity (Wildman–Crippen MR) is 58.1 cm³/mol. The number of fused-ring (bicyclic) bond motifs is 1. The number of aryl methyl sites for hydroxylation is 1. The minimum absolute atomic E-state index is 0.738. The van der Waals surface area contributed by atoms with Crippen molar-refractivity contribution < 1.29 is 4.42 Å². The fourth-order valence-electron chi connectivity index (χ4n) is 1.49. The number of furan rings is 1. The number of anilines is 1. The maximum Gasteiger partial charge on any atom is 0.136 e. The summed E-state index contributed by atoms with van der Waals surface area (Å²) in [5.74, 6) is 0.937. The summed E-state index contributed by atoms with van der Waals surface area (Å²) >= 11 is 0. The van der Waals surface area contributed by atoms with Gasteiger partial charge in [0.1, 0.15) is 11.3 Å². The van der Waals surface area contributed by atoms with Crippen molar-refractivity contribution in [3.05, 3.63) is 30.0 Å². The molecule has 2 N–H and O–H groups in total. The third-order valence-corrected chi connectivity index (χ3v) is 2.27. The summed E-state index contributed by atoms with van der Waals surface area (Å²) in [6.45, 7) is 2.17. The number of hydrogen-bond donors (Lipinski definition) is 1. The molecule has 73 valence electrons. The van der Waals surface area contributed by atoms with Gasteiger partial charge < -0.3 is 10.2 Å². The van der Waals surface area contributed by atoms with E-state index in [1.807, 2.05) is 18.2 Å². The molecule has 0 fully saturated rings. The molecule has 0 unspecified atom stereocenters. The van der Waals surface area contributed by atoms with Gasteiger partial charge in [-0.15, -0.1) is 0 Å². The van der Waals surface area contributed by atoms with Gasteiger partial charge in [-0.1, -0.05) is 13.3 Å². The summed E-state index contributed by atoms with van der Waals surface area (Å²) in [4.78, 5) is 0. The van der Waals surface area contributed by atoms with Crippen molar-refractivity contribution in [2.75, 3.05) is 5.73 Å². The topological polar surface area (TPSA) is 39.2 Å². The van der Waals surface area contributed by atoms with Crippen LogP contribution >= 0.6 is 0 Å². The third kappa shape index (κ3) is 1.74. The molecule has 2 heteroatoms. The fourth-order valence-corrected chi connectivity index (χ4v) is 1.49. The first-order valence-corrected chi connectivity index (χ1v) is 5.00. The second-order valence-electron chi connectivity index (χ2n) is 3.51. The van der Waals surface area contributed by atoms with Gasteiger partial charge in [0.05, 0.1) is 0 Å². The van der Waals surface area contributed by atoms with Crippen molar-refractivity contribution >= 4 is 16.7 Å². The molecule has 0 bridgehead atoms. The van der Waals surface area contributed by atoms with E-state index < -0.39 is 0 Å². The molecule has 1 heterocycles. The Morgan fingerprint density at radius 2 is 2.29 bits per heavy atom. The van der Waals surface area contributed by atoms with Gasteiger partial charge in [-0.3, -0.25) is 0 Å². The van der Waals surface area contributed by atoms with E-state index in [1.165, 1.54) is 6.42 Å². The van der Waals surface area contributed by atoms with Gasteiger partial charge in [-0.2, -0.15) is 0 Å². The van der Waals surface area contributed by atoms with Crippen LogP contribution in [0.15, 0.2) is 22.6 Å². The van der Waals surface area contributed by atoms with Gasteiger partial charge >= 0.3 is 0 Å². The van der Waals surface area contributed by atoms with Crippen molar-refractivity contribution in [1.82, 2.24) is 0 Å². The molecule has 2 aromatic rings. The van der Waals surface area contributed by atoms with E-state index in [0.29, 0.717) is 0 Å². The highest BCUT2D eigenvalue weighted by molar-refractivity contribution is 5.80. The summed E-state index contributed by atoms with van der Waals surface area (Å²) in [7, 11) is 0. The number of unbranched alkanes of at least 4 members (excludes halogenated alkanes) is 1. The Kier molecular flexibility index (Phi) is 2.44. The average Bonchev–Trinajstić information content (AvgIpc) is 2.56. The molecular formula is C12H14NO. The molecule has 0 saturated carbocycles. The Labute approximate surface area is 83.7 Å². The monoisotopic (exact) mass is 188 g/mol. The van der Waals surface area contributed by atoms with Gasteiger partial charge in [-0.05, 0) is 18.6 Å². The van der Waals surface area contributed by atoms with Crippen LogP contribution in [-0.2, 0) is 6.42 Å². The van der Waals surface area contributed by atoms with Gasteiger partial charge in [0.25, 0.3) is 0 Å². The van der Waals surface area contributed by atoms with E-state index in [0.717, 1.165) is 35.3 Å². The number of hydrogen-bond acceptors (Lipinski definition) is 2. The first kappa shape index (κ1) is 9.13. The lowest BCUT2D eigenvalue weighted by atomic mass is 10.2. The van der Waals surface area contributed by atoms with E-state index in [1.54, 1.807) is 0 Å². The molecule has 14 heavy (non-hydrogen) atoms.